The summed E-state index contributed by atoms with van der Waals surface area (Å²) in [5.41, 5.74) is 2.00. The first-order valence-electron chi connectivity index (χ1n) is 8.67. The van der Waals surface area contributed by atoms with Crippen molar-refractivity contribution in [2.75, 3.05) is 16.9 Å². The Morgan fingerprint density at radius 1 is 1.07 bits per heavy atom. The van der Waals surface area contributed by atoms with Crippen molar-refractivity contribution in [3.63, 3.8) is 0 Å². The lowest BCUT2D eigenvalue weighted by molar-refractivity contribution is 0.528. The van der Waals surface area contributed by atoms with Gasteiger partial charge in [-0.25, -0.2) is 22.6 Å². The van der Waals surface area contributed by atoms with Crippen LogP contribution in [0.1, 0.15) is 0 Å². The average Bonchev–Trinajstić information content (AvgIpc) is 2.98. The number of anilines is 4. The summed E-state index contributed by atoms with van der Waals surface area (Å²) in [6.07, 6.45) is 2.13. The minimum absolute atomic E-state index is 0.0758. The van der Waals surface area contributed by atoms with Crippen molar-refractivity contribution >= 4 is 44.1 Å². The fraction of sp³-hybridized carbons (Fsp3) is 0.105. The highest BCUT2D eigenvalue weighted by molar-refractivity contribution is 7.90. The Hall–Kier alpha value is -3.73. The zero-order valence-corrected chi connectivity index (χ0v) is 16.7. The third-order valence-corrected chi connectivity index (χ3v) is 5.47. The minimum Gasteiger partial charge on any atom is -0.408 e. The number of benzene rings is 2. The van der Waals surface area contributed by atoms with E-state index in [0.717, 1.165) is 12.5 Å². The summed E-state index contributed by atoms with van der Waals surface area (Å²) in [6.45, 7) is 0. The van der Waals surface area contributed by atoms with Gasteiger partial charge in [-0.2, -0.15) is 4.98 Å². The molecule has 0 bridgehead atoms. The van der Waals surface area contributed by atoms with Crippen molar-refractivity contribution in [2.24, 2.45) is 7.05 Å². The Labute approximate surface area is 170 Å². The standard InChI is InChI=1S/C19H16FN5O4S/c1-25-15-9-12(5-8-16(15)29-19(25)26)22-17-14(20)10-21-18(24-17)23-11-3-6-13(7-4-11)30(2,27)28/h3-10H,1-2H3,(H2,21,22,23,24). The smallest absolute Gasteiger partial charge is 0.408 e. The van der Waals surface area contributed by atoms with Gasteiger partial charge in [-0.15, -0.1) is 0 Å². The normalized spacial score (nSPS) is 11.6. The molecule has 30 heavy (non-hydrogen) atoms. The highest BCUT2D eigenvalue weighted by atomic mass is 32.2. The molecule has 11 heteroatoms. The van der Waals surface area contributed by atoms with Gasteiger partial charge in [0.1, 0.15) is 0 Å². The van der Waals surface area contributed by atoms with Crippen molar-refractivity contribution in [2.45, 2.75) is 4.90 Å². The van der Waals surface area contributed by atoms with Crippen LogP contribution in [0.25, 0.3) is 11.1 Å². The quantitative estimate of drug-likeness (QED) is 0.497. The molecule has 0 aliphatic heterocycles. The number of rotatable bonds is 5. The second-order valence-electron chi connectivity index (χ2n) is 6.55. The molecule has 2 heterocycles. The van der Waals surface area contributed by atoms with Gasteiger partial charge in [0.2, 0.25) is 5.95 Å². The van der Waals surface area contributed by atoms with Gasteiger partial charge in [-0.1, -0.05) is 0 Å². The van der Waals surface area contributed by atoms with Gasteiger partial charge in [0, 0.05) is 24.7 Å². The van der Waals surface area contributed by atoms with Crippen LogP contribution in [0.15, 0.2) is 62.8 Å². The van der Waals surface area contributed by atoms with Crippen LogP contribution in [-0.2, 0) is 16.9 Å². The summed E-state index contributed by atoms with van der Waals surface area (Å²) in [5.74, 6) is -1.13. The summed E-state index contributed by atoms with van der Waals surface area (Å²) < 4.78 is 43.7. The van der Waals surface area contributed by atoms with E-state index in [1.54, 1.807) is 37.4 Å². The zero-order valence-electron chi connectivity index (χ0n) is 15.9. The molecule has 2 aromatic heterocycles. The number of aromatic nitrogens is 3. The monoisotopic (exact) mass is 429 g/mol. The van der Waals surface area contributed by atoms with Gasteiger partial charge >= 0.3 is 5.76 Å². The van der Waals surface area contributed by atoms with E-state index < -0.39 is 21.4 Å². The molecule has 0 aliphatic carbocycles. The molecular formula is C19H16FN5O4S. The Morgan fingerprint density at radius 2 is 1.77 bits per heavy atom. The lowest BCUT2D eigenvalue weighted by atomic mass is 10.3. The SMILES string of the molecule is Cn1c(=O)oc2ccc(Nc3nc(Nc4ccc(S(C)(=O)=O)cc4)ncc3F)cc21. The van der Waals surface area contributed by atoms with Crippen LogP contribution in [0, 0.1) is 5.82 Å². The number of aryl methyl sites for hydroxylation is 1. The first-order chi connectivity index (χ1) is 14.2. The molecule has 0 saturated heterocycles. The minimum atomic E-state index is -3.30. The first kappa shape index (κ1) is 19.6. The predicted molar refractivity (Wildman–Crippen MR) is 110 cm³/mol. The van der Waals surface area contributed by atoms with E-state index >= 15 is 0 Å². The van der Waals surface area contributed by atoms with Gasteiger partial charge in [0.15, 0.2) is 27.1 Å². The van der Waals surface area contributed by atoms with Crippen molar-refractivity contribution in [1.29, 1.82) is 0 Å². The molecule has 4 rings (SSSR count). The highest BCUT2D eigenvalue weighted by Gasteiger charge is 2.11. The first-order valence-corrected chi connectivity index (χ1v) is 10.6. The summed E-state index contributed by atoms with van der Waals surface area (Å²) >= 11 is 0. The Balaban J connectivity index is 1.59. The summed E-state index contributed by atoms with van der Waals surface area (Å²) in [6, 6.07) is 10.9. The van der Waals surface area contributed by atoms with E-state index in [2.05, 4.69) is 20.6 Å². The van der Waals surface area contributed by atoms with E-state index in [1.165, 1.54) is 16.7 Å². The number of sulfone groups is 1. The van der Waals surface area contributed by atoms with E-state index in [1.807, 2.05) is 0 Å². The molecule has 0 radical (unpaired) electrons. The van der Waals surface area contributed by atoms with E-state index in [0.29, 0.717) is 22.5 Å². The van der Waals surface area contributed by atoms with Crippen molar-refractivity contribution in [3.8, 4) is 0 Å². The second kappa shape index (κ2) is 7.26. The van der Waals surface area contributed by atoms with Gasteiger partial charge < -0.3 is 15.1 Å². The third-order valence-electron chi connectivity index (χ3n) is 4.34. The van der Waals surface area contributed by atoms with Crippen molar-refractivity contribution in [1.82, 2.24) is 14.5 Å². The summed E-state index contributed by atoms with van der Waals surface area (Å²) in [7, 11) is -1.73. The highest BCUT2D eigenvalue weighted by Crippen LogP contribution is 2.24. The number of fused-ring (bicyclic) bond motifs is 1. The molecule has 154 valence electrons. The molecule has 0 spiro atoms. The maximum Gasteiger partial charge on any atom is 0.419 e. The van der Waals surface area contributed by atoms with E-state index in [-0.39, 0.29) is 16.7 Å². The molecule has 2 N–H and O–H groups in total. The third kappa shape index (κ3) is 3.87. The largest absolute Gasteiger partial charge is 0.419 e. The van der Waals surface area contributed by atoms with Crippen LogP contribution in [-0.4, -0.2) is 29.2 Å². The number of hydrogen-bond acceptors (Lipinski definition) is 8. The molecule has 2 aromatic carbocycles. The molecule has 0 saturated carbocycles. The molecule has 0 amide bonds. The summed E-state index contributed by atoms with van der Waals surface area (Å²) in [4.78, 5) is 19.8. The Kier molecular flexibility index (Phi) is 4.74. The number of halogens is 1. The van der Waals surface area contributed by atoms with Crippen LogP contribution in [0.4, 0.5) is 27.5 Å². The van der Waals surface area contributed by atoms with Crippen LogP contribution >= 0.6 is 0 Å². The average molecular weight is 429 g/mol. The summed E-state index contributed by atoms with van der Waals surface area (Å²) in [5, 5.41) is 5.75. The molecular weight excluding hydrogens is 413 g/mol. The predicted octanol–water partition coefficient (Wildman–Crippen LogP) is 2.95. The van der Waals surface area contributed by atoms with Crippen LogP contribution < -0.4 is 16.4 Å². The van der Waals surface area contributed by atoms with Gasteiger partial charge in [-0.05, 0) is 42.5 Å². The van der Waals surface area contributed by atoms with Crippen LogP contribution in [0.3, 0.4) is 0 Å². The lowest BCUT2D eigenvalue weighted by Gasteiger charge is -2.10. The van der Waals surface area contributed by atoms with Crippen LogP contribution in [0.5, 0.6) is 0 Å². The topological polar surface area (TPSA) is 119 Å². The molecule has 0 atom stereocenters. The molecule has 9 nitrogen and oxygen atoms in total. The fourth-order valence-electron chi connectivity index (χ4n) is 2.77. The Bertz CT molecular complexity index is 1410. The molecule has 0 unspecified atom stereocenters. The number of nitrogens with one attached hydrogen (secondary N) is 2. The molecule has 0 aliphatic rings. The van der Waals surface area contributed by atoms with Crippen molar-refractivity contribution < 1.29 is 17.2 Å². The maximum atomic E-state index is 14.2. The number of oxazole rings is 1. The van der Waals surface area contributed by atoms with E-state index in [4.69, 9.17) is 4.42 Å². The number of hydrogen-bond donors (Lipinski definition) is 2. The lowest BCUT2D eigenvalue weighted by Crippen LogP contribution is -2.08. The molecule has 4 aromatic rings. The Morgan fingerprint density at radius 3 is 2.47 bits per heavy atom. The number of nitrogens with zero attached hydrogens (tertiary/aromatic N) is 3. The maximum absolute atomic E-state index is 14.2. The van der Waals surface area contributed by atoms with Gasteiger partial charge in [0.25, 0.3) is 0 Å². The second-order valence-corrected chi connectivity index (χ2v) is 8.56. The van der Waals surface area contributed by atoms with Gasteiger partial charge in [0.05, 0.1) is 16.6 Å². The van der Waals surface area contributed by atoms with Crippen molar-refractivity contribution in [3.05, 3.63) is 65.0 Å². The molecule has 0 fully saturated rings. The van der Waals surface area contributed by atoms with E-state index in [9.17, 15) is 17.6 Å². The van der Waals surface area contributed by atoms with Crippen LogP contribution in [0.2, 0.25) is 0 Å². The zero-order chi connectivity index (χ0) is 21.5. The van der Waals surface area contributed by atoms with Gasteiger partial charge in [-0.3, -0.25) is 4.57 Å². The fourth-order valence-corrected chi connectivity index (χ4v) is 3.40.